The Balaban J connectivity index is 2.11. The Morgan fingerprint density at radius 1 is 1.64 bits per heavy atom. The lowest BCUT2D eigenvalue weighted by molar-refractivity contribution is -0.139. The van der Waals surface area contributed by atoms with Crippen LogP contribution in [-0.2, 0) is 9.53 Å². The Morgan fingerprint density at radius 2 is 2.29 bits per heavy atom. The molecular weight excluding hydrogens is 246 g/mol. The van der Waals surface area contributed by atoms with Crippen molar-refractivity contribution in [3.05, 3.63) is 0 Å². The second-order valence-electron chi connectivity index (χ2n) is 4.29. The standard InChI is InChI=1S/C10H18BrNO2/c1-10(4-3-5-10)7-12-6-8(11)9(13)14-2/h8,12H,3-7H2,1-2H3. The molecule has 14 heavy (non-hydrogen) atoms. The van der Waals surface area contributed by atoms with E-state index in [-0.39, 0.29) is 10.8 Å². The first-order chi connectivity index (χ1) is 6.57. The van der Waals surface area contributed by atoms with Crippen molar-refractivity contribution in [3.8, 4) is 0 Å². The molecule has 0 radical (unpaired) electrons. The topological polar surface area (TPSA) is 38.3 Å². The second kappa shape index (κ2) is 5.12. The lowest BCUT2D eigenvalue weighted by Gasteiger charge is -2.38. The van der Waals surface area contributed by atoms with Crippen LogP contribution in [0.4, 0.5) is 0 Å². The summed E-state index contributed by atoms with van der Waals surface area (Å²) >= 11 is 3.27. The molecule has 0 aliphatic heterocycles. The van der Waals surface area contributed by atoms with Crippen LogP contribution in [0.1, 0.15) is 26.2 Å². The predicted molar refractivity (Wildman–Crippen MR) is 59.6 cm³/mol. The third kappa shape index (κ3) is 3.24. The van der Waals surface area contributed by atoms with Gasteiger partial charge in [0.2, 0.25) is 0 Å². The van der Waals surface area contributed by atoms with Crippen LogP contribution in [0.25, 0.3) is 0 Å². The fraction of sp³-hybridized carbons (Fsp3) is 0.900. The quantitative estimate of drug-likeness (QED) is 0.606. The van der Waals surface area contributed by atoms with Gasteiger partial charge in [-0.2, -0.15) is 0 Å². The molecule has 1 saturated carbocycles. The summed E-state index contributed by atoms with van der Waals surface area (Å²) in [6.45, 7) is 3.92. The minimum Gasteiger partial charge on any atom is -0.468 e. The molecule has 0 aromatic heterocycles. The monoisotopic (exact) mass is 263 g/mol. The first-order valence-electron chi connectivity index (χ1n) is 5.00. The van der Waals surface area contributed by atoms with E-state index in [1.165, 1.54) is 26.4 Å². The Hall–Kier alpha value is -0.0900. The van der Waals surface area contributed by atoms with Crippen LogP contribution < -0.4 is 5.32 Å². The van der Waals surface area contributed by atoms with Crippen LogP contribution >= 0.6 is 15.9 Å². The zero-order chi connectivity index (χ0) is 10.6. The van der Waals surface area contributed by atoms with E-state index in [0.29, 0.717) is 12.0 Å². The molecule has 0 saturated heterocycles. The molecule has 82 valence electrons. The van der Waals surface area contributed by atoms with Crippen molar-refractivity contribution in [1.29, 1.82) is 0 Å². The lowest BCUT2D eigenvalue weighted by Crippen LogP contribution is -2.40. The minimum absolute atomic E-state index is 0.212. The highest BCUT2D eigenvalue weighted by Gasteiger charge is 2.31. The number of carbonyl (C=O) groups excluding carboxylic acids is 1. The zero-order valence-electron chi connectivity index (χ0n) is 8.81. The number of hydrogen-bond acceptors (Lipinski definition) is 3. The van der Waals surface area contributed by atoms with Gasteiger partial charge in [-0.15, -0.1) is 0 Å². The molecule has 1 rings (SSSR count). The number of hydrogen-bond donors (Lipinski definition) is 1. The molecule has 0 aromatic rings. The highest BCUT2D eigenvalue weighted by atomic mass is 79.9. The average Bonchev–Trinajstić information content (AvgIpc) is 2.13. The van der Waals surface area contributed by atoms with Crippen molar-refractivity contribution in [2.45, 2.75) is 31.0 Å². The van der Waals surface area contributed by atoms with Gasteiger partial charge in [-0.1, -0.05) is 29.3 Å². The lowest BCUT2D eigenvalue weighted by atomic mass is 9.70. The van der Waals surface area contributed by atoms with Crippen LogP contribution in [0.3, 0.4) is 0 Å². The number of alkyl halides is 1. The number of esters is 1. The smallest absolute Gasteiger partial charge is 0.320 e. The van der Waals surface area contributed by atoms with Gasteiger partial charge in [0.1, 0.15) is 4.83 Å². The fourth-order valence-electron chi connectivity index (χ4n) is 1.67. The van der Waals surface area contributed by atoms with E-state index in [4.69, 9.17) is 0 Å². The summed E-state index contributed by atoms with van der Waals surface area (Å²) in [5.74, 6) is -0.212. The van der Waals surface area contributed by atoms with Gasteiger partial charge in [-0.25, -0.2) is 0 Å². The van der Waals surface area contributed by atoms with Crippen molar-refractivity contribution in [1.82, 2.24) is 5.32 Å². The summed E-state index contributed by atoms with van der Waals surface area (Å²) in [6.07, 6.45) is 3.93. The minimum atomic E-state index is -0.226. The predicted octanol–water partition coefficient (Wildman–Crippen LogP) is 1.70. The number of ether oxygens (including phenoxy) is 1. The Morgan fingerprint density at radius 3 is 2.71 bits per heavy atom. The van der Waals surface area contributed by atoms with Gasteiger partial charge < -0.3 is 10.1 Å². The van der Waals surface area contributed by atoms with E-state index in [0.717, 1.165) is 6.54 Å². The molecule has 3 nitrogen and oxygen atoms in total. The summed E-state index contributed by atoms with van der Waals surface area (Å²) in [7, 11) is 1.41. The summed E-state index contributed by atoms with van der Waals surface area (Å²) < 4.78 is 4.61. The third-order valence-electron chi connectivity index (χ3n) is 2.89. The van der Waals surface area contributed by atoms with Crippen LogP contribution in [0, 0.1) is 5.41 Å². The van der Waals surface area contributed by atoms with Crippen LogP contribution in [0.2, 0.25) is 0 Å². The van der Waals surface area contributed by atoms with Crippen LogP contribution in [0.5, 0.6) is 0 Å². The number of rotatable bonds is 5. The summed E-state index contributed by atoms with van der Waals surface area (Å²) in [6, 6.07) is 0. The first-order valence-corrected chi connectivity index (χ1v) is 5.92. The molecule has 0 spiro atoms. The van der Waals surface area contributed by atoms with Crippen molar-refractivity contribution in [2.24, 2.45) is 5.41 Å². The van der Waals surface area contributed by atoms with Crippen molar-refractivity contribution < 1.29 is 9.53 Å². The molecule has 0 amide bonds. The second-order valence-corrected chi connectivity index (χ2v) is 5.39. The summed E-state index contributed by atoms with van der Waals surface area (Å²) in [5, 5.41) is 3.30. The number of methoxy groups -OCH3 is 1. The van der Waals surface area contributed by atoms with E-state index in [1.54, 1.807) is 0 Å². The highest BCUT2D eigenvalue weighted by molar-refractivity contribution is 9.10. The zero-order valence-corrected chi connectivity index (χ0v) is 10.4. The maximum atomic E-state index is 11.0. The van der Waals surface area contributed by atoms with E-state index in [1.807, 2.05) is 0 Å². The molecule has 0 heterocycles. The molecule has 1 unspecified atom stereocenters. The van der Waals surface area contributed by atoms with Crippen LogP contribution in [-0.4, -0.2) is 31.0 Å². The van der Waals surface area contributed by atoms with Gasteiger partial charge in [0.05, 0.1) is 7.11 Å². The van der Waals surface area contributed by atoms with E-state index < -0.39 is 0 Å². The SMILES string of the molecule is COC(=O)C(Br)CNCC1(C)CCC1. The number of carbonyl (C=O) groups is 1. The Bertz CT molecular complexity index is 204. The Labute approximate surface area is 93.7 Å². The van der Waals surface area contributed by atoms with Gasteiger partial charge in [0.15, 0.2) is 0 Å². The van der Waals surface area contributed by atoms with Gasteiger partial charge in [0.25, 0.3) is 0 Å². The molecule has 0 aromatic carbocycles. The molecule has 1 aliphatic carbocycles. The van der Waals surface area contributed by atoms with Crippen molar-refractivity contribution in [3.63, 3.8) is 0 Å². The molecule has 1 atom stereocenters. The highest BCUT2D eigenvalue weighted by Crippen LogP contribution is 2.39. The van der Waals surface area contributed by atoms with E-state index >= 15 is 0 Å². The number of nitrogens with one attached hydrogen (secondary N) is 1. The average molecular weight is 264 g/mol. The number of halogens is 1. The molecule has 1 N–H and O–H groups in total. The maximum absolute atomic E-state index is 11.0. The summed E-state index contributed by atoms with van der Waals surface area (Å²) in [5.41, 5.74) is 0.461. The molecule has 4 heteroatoms. The first kappa shape index (κ1) is 12.0. The van der Waals surface area contributed by atoms with Crippen LogP contribution in [0.15, 0.2) is 0 Å². The Kier molecular flexibility index (Phi) is 4.38. The molecule has 1 aliphatic rings. The normalized spacial score (nSPS) is 21.1. The largest absolute Gasteiger partial charge is 0.468 e. The van der Waals surface area contributed by atoms with Gasteiger partial charge >= 0.3 is 5.97 Å². The molecule has 1 fully saturated rings. The van der Waals surface area contributed by atoms with Crippen molar-refractivity contribution in [2.75, 3.05) is 20.2 Å². The van der Waals surface area contributed by atoms with E-state index in [2.05, 4.69) is 32.9 Å². The van der Waals surface area contributed by atoms with Gasteiger partial charge in [-0.3, -0.25) is 4.79 Å². The summed E-state index contributed by atoms with van der Waals surface area (Å²) in [4.78, 5) is 10.8. The van der Waals surface area contributed by atoms with Crippen molar-refractivity contribution >= 4 is 21.9 Å². The molecule has 0 bridgehead atoms. The van der Waals surface area contributed by atoms with Gasteiger partial charge in [0, 0.05) is 13.1 Å². The van der Waals surface area contributed by atoms with E-state index in [9.17, 15) is 4.79 Å². The molecular formula is C10H18BrNO2. The fourth-order valence-corrected chi connectivity index (χ4v) is 2.08. The maximum Gasteiger partial charge on any atom is 0.320 e. The third-order valence-corrected chi connectivity index (χ3v) is 3.59. The van der Waals surface area contributed by atoms with Gasteiger partial charge in [-0.05, 0) is 18.3 Å².